The van der Waals surface area contributed by atoms with Gasteiger partial charge in [-0.2, -0.15) is 0 Å². The highest BCUT2D eigenvalue weighted by molar-refractivity contribution is 9.10. The van der Waals surface area contributed by atoms with Crippen molar-refractivity contribution in [2.24, 2.45) is 0 Å². The maximum Gasteiger partial charge on any atom is 0.0251 e. The summed E-state index contributed by atoms with van der Waals surface area (Å²) in [6.45, 7) is 9.79. The normalized spacial score (nSPS) is 13.8. The van der Waals surface area contributed by atoms with E-state index in [4.69, 9.17) is 0 Å². The Morgan fingerprint density at radius 2 is 2.18 bits per heavy atom. The first-order valence-electron chi connectivity index (χ1n) is 6.22. The van der Waals surface area contributed by atoms with Gasteiger partial charge >= 0.3 is 0 Å². The van der Waals surface area contributed by atoms with E-state index in [-0.39, 0.29) is 0 Å². The summed E-state index contributed by atoms with van der Waals surface area (Å²) in [4.78, 5) is 0. The van der Waals surface area contributed by atoms with Crippen LogP contribution in [0.3, 0.4) is 0 Å². The Morgan fingerprint density at radius 1 is 1.47 bits per heavy atom. The topological polar surface area (TPSA) is 12.0 Å². The van der Waals surface area contributed by atoms with E-state index in [1.807, 2.05) is 0 Å². The summed E-state index contributed by atoms with van der Waals surface area (Å²) in [5.74, 6) is 0. The minimum Gasteiger partial charge on any atom is -0.311 e. The molecule has 1 aromatic carbocycles. The second-order valence-electron chi connectivity index (χ2n) is 4.57. The van der Waals surface area contributed by atoms with Gasteiger partial charge < -0.3 is 5.32 Å². The first-order chi connectivity index (χ1) is 8.04. The van der Waals surface area contributed by atoms with E-state index in [0.717, 1.165) is 6.54 Å². The van der Waals surface area contributed by atoms with Crippen molar-refractivity contribution in [1.82, 2.24) is 5.32 Å². The van der Waals surface area contributed by atoms with Gasteiger partial charge in [0.1, 0.15) is 0 Å². The molecule has 0 saturated heterocycles. The van der Waals surface area contributed by atoms with Crippen molar-refractivity contribution in [2.45, 2.75) is 40.2 Å². The van der Waals surface area contributed by atoms with Crippen LogP contribution in [0.1, 0.15) is 38.3 Å². The average Bonchev–Trinajstić information content (AvgIpc) is 2.30. The highest BCUT2D eigenvalue weighted by Gasteiger charge is 2.03. The summed E-state index contributed by atoms with van der Waals surface area (Å²) in [7, 11) is 0. The Kier molecular flexibility index (Phi) is 5.93. The lowest BCUT2D eigenvalue weighted by Gasteiger charge is -2.14. The van der Waals surface area contributed by atoms with Crippen molar-refractivity contribution in [3.8, 4) is 0 Å². The summed E-state index contributed by atoms with van der Waals surface area (Å²) in [5.41, 5.74) is 3.93. The maximum atomic E-state index is 3.53. The molecule has 1 atom stereocenters. The van der Waals surface area contributed by atoms with Crippen LogP contribution in [0, 0.1) is 6.92 Å². The van der Waals surface area contributed by atoms with Crippen molar-refractivity contribution in [1.29, 1.82) is 0 Å². The van der Waals surface area contributed by atoms with Crippen LogP contribution in [-0.2, 0) is 0 Å². The van der Waals surface area contributed by atoms with E-state index in [9.17, 15) is 0 Å². The fraction of sp³-hybridized carbons (Fsp3) is 0.467. The molecule has 94 valence electrons. The Morgan fingerprint density at radius 3 is 2.76 bits per heavy atom. The third-order valence-electron chi connectivity index (χ3n) is 2.96. The Labute approximate surface area is 113 Å². The van der Waals surface area contributed by atoms with Gasteiger partial charge in [0, 0.05) is 10.5 Å². The van der Waals surface area contributed by atoms with Crippen molar-refractivity contribution in [3.05, 3.63) is 39.4 Å². The summed E-state index contributed by atoms with van der Waals surface area (Å²) >= 11 is 3.53. The second-order valence-corrected chi connectivity index (χ2v) is 5.43. The van der Waals surface area contributed by atoms with E-state index in [2.05, 4.69) is 73.2 Å². The molecule has 1 rings (SSSR count). The van der Waals surface area contributed by atoms with Crippen molar-refractivity contribution < 1.29 is 0 Å². The molecule has 2 heteroatoms. The molecule has 17 heavy (non-hydrogen) atoms. The Bertz CT molecular complexity index is 396. The zero-order chi connectivity index (χ0) is 12.8. The van der Waals surface area contributed by atoms with Gasteiger partial charge in [0.15, 0.2) is 0 Å². The molecule has 0 bridgehead atoms. The highest BCUT2D eigenvalue weighted by atomic mass is 79.9. The Balaban J connectivity index is 2.76. The molecule has 0 aromatic heterocycles. The SMILES string of the molecule is CCCNC(C)/C(C)=C/c1ccc(Br)c(C)c1. The quantitative estimate of drug-likeness (QED) is 0.840. The average molecular weight is 296 g/mol. The number of aryl methyl sites for hydroxylation is 1. The maximum absolute atomic E-state index is 3.53. The van der Waals surface area contributed by atoms with E-state index in [1.165, 1.54) is 27.6 Å². The molecule has 1 N–H and O–H groups in total. The molecule has 1 nitrogen and oxygen atoms in total. The predicted octanol–water partition coefficient (Wildman–Crippen LogP) is 4.55. The number of rotatable bonds is 5. The molecule has 0 aliphatic carbocycles. The summed E-state index contributed by atoms with van der Waals surface area (Å²) in [6.07, 6.45) is 3.43. The monoisotopic (exact) mass is 295 g/mol. The standard InChI is InChI=1S/C15H22BrN/c1-5-8-17-13(4)11(2)9-14-6-7-15(16)12(3)10-14/h6-7,9-10,13,17H,5,8H2,1-4H3/b11-9+. The zero-order valence-corrected chi connectivity index (χ0v) is 12.8. The fourth-order valence-corrected chi connectivity index (χ4v) is 1.91. The van der Waals surface area contributed by atoms with Crippen LogP contribution >= 0.6 is 15.9 Å². The van der Waals surface area contributed by atoms with Gasteiger partial charge in [-0.15, -0.1) is 0 Å². The predicted molar refractivity (Wildman–Crippen MR) is 80.3 cm³/mol. The number of halogens is 1. The van der Waals surface area contributed by atoms with Crippen molar-refractivity contribution >= 4 is 22.0 Å². The number of hydrogen-bond acceptors (Lipinski definition) is 1. The van der Waals surface area contributed by atoms with Crippen molar-refractivity contribution in [2.75, 3.05) is 6.54 Å². The molecule has 0 fully saturated rings. The van der Waals surface area contributed by atoms with E-state index >= 15 is 0 Å². The zero-order valence-electron chi connectivity index (χ0n) is 11.2. The second kappa shape index (κ2) is 6.97. The molecule has 0 saturated carbocycles. The molecular formula is C15H22BrN. The van der Waals surface area contributed by atoms with E-state index in [0.29, 0.717) is 6.04 Å². The van der Waals surface area contributed by atoms with Gasteiger partial charge in [0.25, 0.3) is 0 Å². The largest absolute Gasteiger partial charge is 0.311 e. The van der Waals surface area contributed by atoms with Crippen LogP contribution in [0.15, 0.2) is 28.2 Å². The van der Waals surface area contributed by atoms with Crippen LogP contribution in [0.5, 0.6) is 0 Å². The molecule has 0 aliphatic heterocycles. The highest BCUT2D eigenvalue weighted by Crippen LogP contribution is 2.19. The van der Waals surface area contributed by atoms with Crippen LogP contribution in [-0.4, -0.2) is 12.6 Å². The van der Waals surface area contributed by atoms with Gasteiger partial charge in [0.2, 0.25) is 0 Å². The molecule has 1 aromatic rings. The van der Waals surface area contributed by atoms with Crippen LogP contribution in [0.2, 0.25) is 0 Å². The van der Waals surface area contributed by atoms with Crippen LogP contribution in [0.25, 0.3) is 6.08 Å². The molecule has 0 radical (unpaired) electrons. The minimum atomic E-state index is 0.443. The first-order valence-corrected chi connectivity index (χ1v) is 7.01. The number of nitrogens with one attached hydrogen (secondary N) is 1. The molecule has 0 heterocycles. The lowest BCUT2D eigenvalue weighted by atomic mass is 10.1. The number of hydrogen-bond donors (Lipinski definition) is 1. The van der Waals surface area contributed by atoms with Gasteiger partial charge in [-0.05, 0) is 50.9 Å². The van der Waals surface area contributed by atoms with Crippen LogP contribution < -0.4 is 5.32 Å². The third-order valence-corrected chi connectivity index (χ3v) is 3.85. The first kappa shape index (κ1) is 14.5. The summed E-state index contributed by atoms with van der Waals surface area (Å²) in [5, 5.41) is 3.50. The smallest absolute Gasteiger partial charge is 0.0251 e. The lowest BCUT2D eigenvalue weighted by molar-refractivity contribution is 0.604. The fourth-order valence-electron chi connectivity index (χ4n) is 1.67. The van der Waals surface area contributed by atoms with Gasteiger partial charge in [-0.1, -0.05) is 46.6 Å². The van der Waals surface area contributed by atoms with Crippen molar-refractivity contribution in [3.63, 3.8) is 0 Å². The van der Waals surface area contributed by atoms with Gasteiger partial charge in [-0.25, -0.2) is 0 Å². The molecule has 0 amide bonds. The number of benzene rings is 1. The minimum absolute atomic E-state index is 0.443. The lowest BCUT2D eigenvalue weighted by Crippen LogP contribution is -2.27. The van der Waals surface area contributed by atoms with Crippen LogP contribution in [0.4, 0.5) is 0 Å². The van der Waals surface area contributed by atoms with E-state index < -0.39 is 0 Å². The summed E-state index contributed by atoms with van der Waals surface area (Å²) < 4.78 is 1.17. The van der Waals surface area contributed by atoms with E-state index in [1.54, 1.807) is 0 Å². The molecule has 0 aliphatic rings. The van der Waals surface area contributed by atoms with Gasteiger partial charge in [0.05, 0.1) is 0 Å². The third kappa shape index (κ3) is 4.64. The molecule has 1 unspecified atom stereocenters. The van der Waals surface area contributed by atoms with Gasteiger partial charge in [-0.3, -0.25) is 0 Å². The summed E-state index contributed by atoms with van der Waals surface area (Å²) in [6, 6.07) is 6.91. The molecular weight excluding hydrogens is 274 g/mol. The molecule has 0 spiro atoms. The Hall–Kier alpha value is -0.600.